The molecule has 0 bridgehead atoms. The fraction of sp³-hybridized carbons (Fsp3) is 0.300. The molecule has 0 atom stereocenters. The molecule has 0 heterocycles. The van der Waals surface area contributed by atoms with Gasteiger partial charge in [-0.15, -0.1) is 0 Å². The summed E-state index contributed by atoms with van der Waals surface area (Å²) in [4.78, 5) is 11.3. The third-order valence-electron chi connectivity index (χ3n) is 2.47. The standard InChI is InChI=1S/C10H9F2NO/c11-6-4-7(13)5-2-1-3-8(14)9(5)10(6)12/h4H,1-3,13H2. The van der Waals surface area contributed by atoms with Crippen molar-refractivity contribution in [3.63, 3.8) is 0 Å². The summed E-state index contributed by atoms with van der Waals surface area (Å²) in [5, 5.41) is 0. The van der Waals surface area contributed by atoms with Gasteiger partial charge in [-0.3, -0.25) is 4.79 Å². The molecular formula is C10H9F2NO. The van der Waals surface area contributed by atoms with E-state index in [4.69, 9.17) is 5.73 Å². The molecule has 0 saturated heterocycles. The van der Waals surface area contributed by atoms with Crippen LogP contribution < -0.4 is 5.73 Å². The molecule has 0 fully saturated rings. The first kappa shape index (κ1) is 9.12. The van der Waals surface area contributed by atoms with Crippen molar-refractivity contribution in [3.05, 3.63) is 28.8 Å². The first-order chi connectivity index (χ1) is 6.61. The van der Waals surface area contributed by atoms with Gasteiger partial charge >= 0.3 is 0 Å². The van der Waals surface area contributed by atoms with Crippen molar-refractivity contribution in [2.45, 2.75) is 19.3 Å². The van der Waals surface area contributed by atoms with Crippen LogP contribution in [-0.4, -0.2) is 5.78 Å². The lowest BCUT2D eigenvalue weighted by molar-refractivity contribution is 0.0967. The monoisotopic (exact) mass is 197 g/mol. The Bertz CT molecular complexity index is 415. The van der Waals surface area contributed by atoms with Crippen molar-refractivity contribution in [2.75, 3.05) is 5.73 Å². The van der Waals surface area contributed by atoms with Gasteiger partial charge in [0.15, 0.2) is 17.4 Å². The van der Waals surface area contributed by atoms with Crippen LogP contribution in [0.3, 0.4) is 0 Å². The maximum Gasteiger partial charge on any atom is 0.170 e. The van der Waals surface area contributed by atoms with E-state index >= 15 is 0 Å². The van der Waals surface area contributed by atoms with Crippen LogP contribution >= 0.6 is 0 Å². The summed E-state index contributed by atoms with van der Waals surface area (Å²) in [6.07, 6.45) is 1.47. The van der Waals surface area contributed by atoms with Gasteiger partial charge in [0.1, 0.15) is 0 Å². The molecule has 0 radical (unpaired) electrons. The molecule has 14 heavy (non-hydrogen) atoms. The summed E-state index contributed by atoms with van der Waals surface area (Å²) in [6.45, 7) is 0. The van der Waals surface area contributed by atoms with Gasteiger partial charge in [-0.25, -0.2) is 8.78 Å². The summed E-state index contributed by atoms with van der Waals surface area (Å²) in [6, 6.07) is 0.937. The van der Waals surface area contributed by atoms with Crippen molar-refractivity contribution >= 4 is 11.5 Å². The number of benzene rings is 1. The van der Waals surface area contributed by atoms with E-state index in [-0.39, 0.29) is 23.5 Å². The summed E-state index contributed by atoms with van der Waals surface area (Å²) in [5.74, 6) is -2.45. The van der Waals surface area contributed by atoms with Crippen LogP contribution in [0.2, 0.25) is 0 Å². The van der Waals surface area contributed by atoms with Crippen molar-refractivity contribution in [1.29, 1.82) is 0 Å². The number of hydrogen-bond acceptors (Lipinski definition) is 2. The number of Topliss-reactive ketones (excluding diaryl/α,β-unsaturated/α-hetero) is 1. The minimum atomic E-state index is -1.06. The number of halogens is 2. The Hall–Kier alpha value is -1.45. The fourth-order valence-electron chi connectivity index (χ4n) is 1.79. The van der Waals surface area contributed by atoms with Gasteiger partial charge in [0.25, 0.3) is 0 Å². The van der Waals surface area contributed by atoms with Crippen LogP contribution in [0, 0.1) is 11.6 Å². The van der Waals surface area contributed by atoms with Crippen molar-refractivity contribution in [2.24, 2.45) is 0 Å². The van der Waals surface area contributed by atoms with Crippen molar-refractivity contribution in [1.82, 2.24) is 0 Å². The first-order valence-electron chi connectivity index (χ1n) is 4.41. The third kappa shape index (κ3) is 1.18. The topological polar surface area (TPSA) is 43.1 Å². The van der Waals surface area contributed by atoms with Crippen molar-refractivity contribution < 1.29 is 13.6 Å². The molecule has 0 amide bonds. The highest BCUT2D eigenvalue weighted by atomic mass is 19.2. The Labute approximate surface area is 79.7 Å². The number of anilines is 1. The Balaban J connectivity index is 2.73. The Morgan fingerprint density at radius 1 is 1.29 bits per heavy atom. The summed E-state index contributed by atoms with van der Waals surface area (Å²) in [7, 11) is 0. The van der Waals surface area contributed by atoms with Crippen LogP contribution in [-0.2, 0) is 6.42 Å². The normalized spacial score (nSPS) is 15.4. The number of carbonyl (C=O) groups excluding carboxylic acids is 1. The molecular weight excluding hydrogens is 188 g/mol. The van der Waals surface area contributed by atoms with E-state index in [1.165, 1.54) is 0 Å². The molecule has 1 aliphatic rings. The number of ketones is 1. The second-order valence-corrected chi connectivity index (χ2v) is 3.39. The minimum Gasteiger partial charge on any atom is -0.398 e. The maximum absolute atomic E-state index is 13.3. The highest BCUT2D eigenvalue weighted by Crippen LogP contribution is 2.29. The number of hydrogen-bond donors (Lipinski definition) is 1. The van der Waals surface area contributed by atoms with Crippen LogP contribution in [0.4, 0.5) is 14.5 Å². The molecule has 1 aliphatic carbocycles. The van der Waals surface area contributed by atoms with Gasteiger partial charge < -0.3 is 5.73 Å². The largest absolute Gasteiger partial charge is 0.398 e. The van der Waals surface area contributed by atoms with Crippen LogP contribution in [0.5, 0.6) is 0 Å². The van der Waals surface area contributed by atoms with Crippen LogP contribution in [0.1, 0.15) is 28.8 Å². The molecule has 74 valence electrons. The Kier molecular flexibility index (Phi) is 1.98. The zero-order chi connectivity index (χ0) is 10.3. The summed E-state index contributed by atoms with van der Waals surface area (Å²) >= 11 is 0. The quantitative estimate of drug-likeness (QED) is 0.647. The molecule has 2 rings (SSSR count). The van der Waals surface area contributed by atoms with Gasteiger partial charge in [0.2, 0.25) is 0 Å². The lowest BCUT2D eigenvalue weighted by atomic mass is 9.89. The Morgan fingerprint density at radius 3 is 2.71 bits per heavy atom. The van der Waals surface area contributed by atoms with Crippen molar-refractivity contribution in [3.8, 4) is 0 Å². The number of fused-ring (bicyclic) bond motifs is 1. The van der Waals surface area contributed by atoms with Gasteiger partial charge in [0.05, 0.1) is 5.56 Å². The SMILES string of the molecule is Nc1cc(F)c(F)c2c1CCCC2=O. The lowest BCUT2D eigenvalue weighted by Gasteiger charge is -2.17. The average molecular weight is 197 g/mol. The number of nitrogens with two attached hydrogens (primary N) is 1. The number of nitrogen functional groups attached to an aromatic ring is 1. The molecule has 0 saturated carbocycles. The van der Waals surface area contributed by atoms with Gasteiger partial charge in [-0.2, -0.15) is 0 Å². The average Bonchev–Trinajstić information content (AvgIpc) is 2.14. The third-order valence-corrected chi connectivity index (χ3v) is 2.47. The highest BCUT2D eigenvalue weighted by Gasteiger charge is 2.25. The van der Waals surface area contributed by atoms with Gasteiger partial charge in [-0.05, 0) is 18.4 Å². The molecule has 0 aromatic heterocycles. The molecule has 0 unspecified atom stereocenters. The fourth-order valence-corrected chi connectivity index (χ4v) is 1.79. The molecule has 2 N–H and O–H groups in total. The zero-order valence-electron chi connectivity index (χ0n) is 7.44. The van der Waals surface area contributed by atoms with Gasteiger partial charge in [0, 0.05) is 18.2 Å². The van der Waals surface area contributed by atoms with E-state index in [1.807, 2.05) is 0 Å². The van der Waals surface area contributed by atoms with E-state index in [1.54, 1.807) is 0 Å². The van der Waals surface area contributed by atoms with E-state index < -0.39 is 11.6 Å². The second kappa shape index (κ2) is 3.04. The van der Waals surface area contributed by atoms with E-state index in [2.05, 4.69) is 0 Å². The van der Waals surface area contributed by atoms with Crippen LogP contribution in [0.15, 0.2) is 6.07 Å². The predicted molar refractivity (Wildman–Crippen MR) is 48.0 cm³/mol. The molecule has 0 spiro atoms. The van der Waals surface area contributed by atoms with E-state index in [0.29, 0.717) is 18.4 Å². The molecule has 4 heteroatoms. The van der Waals surface area contributed by atoms with E-state index in [9.17, 15) is 13.6 Å². The molecule has 2 nitrogen and oxygen atoms in total. The number of rotatable bonds is 0. The number of carbonyl (C=O) groups is 1. The second-order valence-electron chi connectivity index (χ2n) is 3.39. The first-order valence-corrected chi connectivity index (χ1v) is 4.41. The zero-order valence-corrected chi connectivity index (χ0v) is 7.44. The van der Waals surface area contributed by atoms with E-state index in [0.717, 1.165) is 6.07 Å². The summed E-state index contributed by atoms with van der Waals surface area (Å²) < 4.78 is 26.2. The van der Waals surface area contributed by atoms with Gasteiger partial charge in [-0.1, -0.05) is 0 Å². The summed E-state index contributed by atoms with van der Waals surface area (Å²) in [5.41, 5.74) is 6.00. The maximum atomic E-state index is 13.3. The molecule has 1 aromatic rings. The highest BCUT2D eigenvalue weighted by molar-refractivity contribution is 6.00. The lowest BCUT2D eigenvalue weighted by Crippen LogP contribution is -2.16. The Morgan fingerprint density at radius 2 is 2.00 bits per heavy atom. The smallest absolute Gasteiger partial charge is 0.170 e. The predicted octanol–water partition coefficient (Wildman–Crippen LogP) is 2.07. The molecule has 1 aromatic carbocycles. The van der Waals surface area contributed by atoms with Crippen LogP contribution in [0.25, 0.3) is 0 Å². The molecule has 0 aliphatic heterocycles. The minimum absolute atomic E-state index is 0.145.